The fraction of sp³-hybridized carbons (Fsp3) is 0.421. The number of pyridine rings is 1. The predicted molar refractivity (Wildman–Crippen MR) is 101 cm³/mol. The van der Waals surface area contributed by atoms with Crippen molar-refractivity contribution in [3.05, 3.63) is 47.9 Å². The predicted octanol–water partition coefficient (Wildman–Crippen LogP) is 2.40. The van der Waals surface area contributed by atoms with Crippen molar-refractivity contribution in [2.75, 3.05) is 23.4 Å². The highest BCUT2D eigenvalue weighted by Crippen LogP contribution is 2.29. The molecule has 0 bridgehead atoms. The molecule has 1 aliphatic rings. The molecule has 0 aliphatic carbocycles. The number of aromatic nitrogens is 4. The number of hydrogen-bond acceptors (Lipinski definition) is 6. The van der Waals surface area contributed by atoms with Crippen molar-refractivity contribution in [3.8, 4) is 0 Å². The number of aliphatic hydroxyl groups is 1. The standard InChI is InChI=1S/C19H24N6O/c1-14-11-22-25-17(21-13-15-4-2-7-20-12-15)10-18(23-19(14)25)24-8-3-5-16(24)6-9-26/h2,4,7,10-12,16,21,26H,3,5-6,8-9,13H2,1H3/t16-/m0/s1. The van der Waals surface area contributed by atoms with Crippen LogP contribution in [-0.4, -0.2) is 43.9 Å². The molecule has 4 heterocycles. The monoisotopic (exact) mass is 352 g/mol. The second kappa shape index (κ2) is 7.29. The van der Waals surface area contributed by atoms with Crippen LogP contribution in [0, 0.1) is 6.92 Å². The largest absolute Gasteiger partial charge is 0.396 e. The Morgan fingerprint density at radius 1 is 1.35 bits per heavy atom. The molecule has 0 amide bonds. The summed E-state index contributed by atoms with van der Waals surface area (Å²) >= 11 is 0. The molecule has 4 rings (SSSR count). The Balaban J connectivity index is 1.67. The van der Waals surface area contributed by atoms with Crippen molar-refractivity contribution in [2.45, 2.75) is 38.8 Å². The van der Waals surface area contributed by atoms with Crippen LogP contribution in [0.3, 0.4) is 0 Å². The van der Waals surface area contributed by atoms with Crippen LogP contribution in [0.5, 0.6) is 0 Å². The zero-order valence-corrected chi connectivity index (χ0v) is 15.0. The molecule has 0 aromatic carbocycles. The van der Waals surface area contributed by atoms with Gasteiger partial charge in [-0.05, 0) is 37.8 Å². The molecule has 3 aromatic rings. The van der Waals surface area contributed by atoms with Gasteiger partial charge in [0.1, 0.15) is 11.6 Å². The minimum atomic E-state index is 0.210. The first kappa shape index (κ1) is 16.8. The van der Waals surface area contributed by atoms with E-state index in [2.05, 4.69) is 26.4 Å². The molecular weight excluding hydrogens is 328 g/mol. The number of aliphatic hydroxyl groups excluding tert-OH is 1. The number of aryl methyl sites for hydroxylation is 1. The number of nitrogens with one attached hydrogen (secondary N) is 1. The third kappa shape index (κ3) is 3.22. The Hall–Kier alpha value is -2.67. The fourth-order valence-electron chi connectivity index (χ4n) is 3.61. The van der Waals surface area contributed by atoms with E-state index in [4.69, 9.17) is 4.98 Å². The summed E-state index contributed by atoms with van der Waals surface area (Å²) in [5.74, 6) is 1.86. The molecule has 2 N–H and O–H groups in total. The van der Waals surface area contributed by atoms with Gasteiger partial charge >= 0.3 is 0 Å². The van der Waals surface area contributed by atoms with Gasteiger partial charge in [-0.25, -0.2) is 4.98 Å². The maximum absolute atomic E-state index is 9.36. The second-order valence-corrected chi connectivity index (χ2v) is 6.78. The summed E-state index contributed by atoms with van der Waals surface area (Å²) in [7, 11) is 0. The van der Waals surface area contributed by atoms with Crippen LogP contribution < -0.4 is 10.2 Å². The molecule has 0 unspecified atom stereocenters. The van der Waals surface area contributed by atoms with Gasteiger partial charge in [0.05, 0.1) is 6.20 Å². The molecular formula is C19H24N6O. The molecule has 7 heteroatoms. The number of hydrogen-bond donors (Lipinski definition) is 2. The number of fused-ring (bicyclic) bond motifs is 1. The molecule has 0 spiro atoms. The lowest BCUT2D eigenvalue weighted by molar-refractivity contribution is 0.275. The first-order chi connectivity index (χ1) is 12.8. The summed E-state index contributed by atoms with van der Waals surface area (Å²) < 4.78 is 1.85. The van der Waals surface area contributed by atoms with Gasteiger partial charge in [-0.1, -0.05) is 6.07 Å². The van der Waals surface area contributed by atoms with Crippen LogP contribution in [0.25, 0.3) is 5.65 Å². The van der Waals surface area contributed by atoms with Crippen molar-refractivity contribution >= 4 is 17.3 Å². The van der Waals surface area contributed by atoms with E-state index in [1.807, 2.05) is 36.0 Å². The smallest absolute Gasteiger partial charge is 0.162 e. The van der Waals surface area contributed by atoms with E-state index in [0.29, 0.717) is 12.6 Å². The second-order valence-electron chi connectivity index (χ2n) is 6.78. The van der Waals surface area contributed by atoms with E-state index in [0.717, 1.165) is 54.2 Å². The molecule has 136 valence electrons. The van der Waals surface area contributed by atoms with Crippen molar-refractivity contribution in [1.82, 2.24) is 19.6 Å². The lowest BCUT2D eigenvalue weighted by Crippen LogP contribution is -2.31. The number of nitrogens with zero attached hydrogens (tertiary/aromatic N) is 5. The van der Waals surface area contributed by atoms with E-state index < -0.39 is 0 Å². The quantitative estimate of drug-likeness (QED) is 0.709. The highest BCUT2D eigenvalue weighted by molar-refractivity contribution is 5.61. The van der Waals surface area contributed by atoms with Crippen LogP contribution in [0.1, 0.15) is 30.4 Å². The number of anilines is 2. The molecule has 7 nitrogen and oxygen atoms in total. The maximum Gasteiger partial charge on any atom is 0.162 e. The minimum Gasteiger partial charge on any atom is -0.396 e. The topological polar surface area (TPSA) is 78.6 Å². The van der Waals surface area contributed by atoms with E-state index in [1.54, 1.807) is 6.20 Å². The van der Waals surface area contributed by atoms with E-state index in [9.17, 15) is 5.11 Å². The average Bonchev–Trinajstić information content (AvgIpc) is 3.28. The highest BCUT2D eigenvalue weighted by atomic mass is 16.3. The summed E-state index contributed by atoms with van der Waals surface area (Å²) in [6, 6.07) is 6.40. The van der Waals surface area contributed by atoms with Gasteiger partial charge < -0.3 is 15.3 Å². The lowest BCUT2D eigenvalue weighted by atomic mass is 10.1. The lowest BCUT2D eigenvalue weighted by Gasteiger charge is -2.26. The first-order valence-electron chi connectivity index (χ1n) is 9.12. The minimum absolute atomic E-state index is 0.210. The van der Waals surface area contributed by atoms with Crippen LogP contribution in [0.2, 0.25) is 0 Å². The third-order valence-electron chi connectivity index (χ3n) is 4.96. The molecule has 0 saturated carbocycles. The molecule has 1 saturated heterocycles. The van der Waals surface area contributed by atoms with E-state index >= 15 is 0 Å². The zero-order chi connectivity index (χ0) is 17.9. The first-order valence-corrected chi connectivity index (χ1v) is 9.12. The molecule has 3 aromatic heterocycles. The molecule has 1 atom stereocenters. The van der Waals surface area contributed by atoms with Gasteiger partial charge in [0.2, 0.25) is 0 Å². The zero-order valence-electron chi connectivity index (χ0n) is 15.0. The Morgan fingerprint density at radius 3 is 3.08 bits per heavy atom. The Kier molecular flexibility index (Phi) is 4.71. The molecule has 26 heavy (non-hydrogen) atoms. The summed E-state index contributed by atoms with van der Waals surface area (Å²) in [6.45, 7) is 3.88. The summed E-state index contributed by atoms with van der Waals surface area (Å²) in [5, 5.41) is 17.3. The van der Waals surface area contributed by atoms with Gasteiger partial charge in [0.25, 0.3) is 0 Å². The Bertz CT molecular complexity index is 878. The number of rotatable bonds is 6. The normalized spacial score (nSPS) is 17.2. The van der Waals surface area contributed by atoms with Crippen LogP contribution in [0.15, 0.2) is 36.8 Å². The van der Waals surface area contributed by atoms with Crippen LogP contribution in [-0.2, 0) is 6.54 Å². The molecule has 1 fully saturated rings. The average molecular weight is 352 g/mol. The molecule has 0 radical (unpaired) electrons. The van der Waals surface area contributed by atoms with Crippen molar-refractivity contribution in [2.24, 2.45) is 0 Å². The highest BCUT2D eigenvalue weighted by Gasteiger charge is 2.26. The third-order valence-corrected chi connectivity index (χ3v) is 4.96. The van der Waals surface area contributed by atoms with E-state index in [1.165, 1.54) is 0 Å². The van der Waals surface area contributed by atoms with Gasteiger partial charge in [-0.3, -0.25) is 4.98 Å². The van der Waals surface area contributed by atoms with Gasteiger partial charge in [-0.15, -0.1) is 0 Å². The summed E-state index contributed by atoms with van der Waals surface area (Å²) in [4.78, 5) is 11.3. The molecule has 1 aliphatic heterocycles. The van der Waals surface area contributed by atoms with E-state index in [-0.39, 0.29) is 6.61 Å². The maximum atomic E-state index is 9.36. The Labute approximate surface area is 152 Å². The Morgan fingerprint density at radius 2 is 2.27 bits per heavy atom. The SMILES string of the molecule is Cc1cnn2c(NCc3cccnc3)cc(N3CCC[C@H]3CCO)nc12. The van der Waals surface area contributed by atoms with Gasteiger partial charge in [0.15, 0.2) is 5.65 Å². The van der Waals surface area contributed by atoms with Crippen molar-refractivity contribution in [1.29, 1.82) is 0 Å². The van der Waals surface area contributed by atoms with Gasteiger partial charge in [0, 0.05) is 49.8 Å². The van der Waals surface area contributed by atoms with Crippen molar-refractivity contribution < 1.29 is 5.11 Å². The summed E-state index contributed by atoms with van der Waals surface area (Å²) in [6.07, 6.45) is 8.49. The fourth-order valence-corrected chi connectivity index (χ4v) is 3.61. The van der Waals surface area contributed by atoms with Crippen LogP contribution >= 0.6 is 0 Å². The van der Waals surface area contributed by atoms with Gasteiger partial charge in [-0.2, -0.15) is 9.61 Å². The summed E-state index contributed by atoms with van der Waals surface area (Å²) in [5.41, 5.74) is 3.03. The van der Waals surface area contributed by atoms with Crippen LogP contribution in [0.4, 0.5) is 11.6 Å². The van der Waals surface area contributed by atoms with Crippen molar-refractivity contribution in [3.63, 3.8) is 0 Å².